The maximum Gasteiger partial charge on any atom is 0.417 e. The number of amides is 1. The predicted octanol–water partition coefficient (Wildman–Crippen LogP) is 3.90. The maximum atomic E-state index is 13.1. The third-order valence-corrected chi connectivity index (χ3v) is 4.20. The van der Waals surface area contributed by atoms with Gasteiger partial charge in [0.15, 0.2) is 11.5 Å². The summed E-state index contributed by atoms with van der Waals surface area (Å²) < 4.78 is 50.8. The molecule has 4 rings (SSSR count). The van der Waals surface area contributed by atoms with Crippen molar-refractivity contribution in [3.63, 3.8) is 0 Å². The van der Waals surface area contributed by atoms with E-state index in [1.807, 2.05) is 0 Å². The molecule has 0 saturated heterocycles. The number of nitrogens with one attached hydrogen (secondary N) is 1. The van der Waals surface area contributed by atoms with E-state index in [1.165, 1.54) is 10.5 Å². The van der Waals surface area contributed by atoms with Gasteiger partial charge in [0.25, 0.3) is 5.91 Å². The van der Waals surface area contributed by atoms with Crippen LogP contribution < -0.4 is 14.8 Å². The van der Waals surface area contributed by atoms with Crippen LogP contribution in [0.3, 0.4) is 0 Å². The Morgan fingerprint density at radius 1 is 1.22 bits per heavy atom. The van der Waals surface area contributed by atoms with Crippen LogP contribution in [-0.4, -0.2) is 22.1 Å². The maximum absolute atomic E-state index is 13.1. The van der Waals surface area contributed by atoms with E-state index in [9.17, 15) is 18.0 Å². The van der Waals surface area contributed by atoms with Crippen LogP contribution in [0.4, 0.5) is 18.9 Å². The zero-order chi connectivity index (χ0) is 19.2. The Hall–Kier alpha value is -3.23. The fourth-order valence-electron chi connectivity index (χ4n) is 2.91. The average molecular weight is 377 g/mol. The van der Waals surface area contributed by atoms with Crippen molar-refractivity contribution in [3.05, 3.63) is 53.5 Å². The van der Waals surface area contributed by atoms with Crippen molar-refractivity contribution >= 4 is 17.2 Å². The monoisotopic (exact) mass is 377 g/mol. The van der Waals surface area contributed by atoms with E-state index in [2.05, 4.69) is 10.3 Å². The number of hydrogen-bond acceptors (Lipinski definition) is 4. The molecular formula is C18H14F3N3O3. The Labute approximate surface area is 151 Å². The van der Waals surface area contributed by atoms with Crippen LogP contribution >= 0.6 is 0 Å². The van der Waals surface area contributed by atoms with E-state index in [0.29, 0.717) is 29.3 Å². The summed E-state index contributed by atoms with van der Waals surface area (Å²) in [6.07, 6.45) is -3.24. The van der Waals surface area contributed by atoms with Gasteiger partial charge in [0, 0.05) is 18.0 Å². The first-order valence-corrected chi connectivity index (χ1v) is 8.16. The molecule has 27 heavy (non-hydrogen) atoms. The van der Waals surface area contributed by atoms with Crippen molar-refractivity contribution in [2.75, 3.05) is 12.1 Å². The minimum atomic E-state index is -4.52. The lowest BCUT2D eigenvalue weighted by atomic mass is 10.2. The normalized spacial score (nSPS) is 13.2. The highest BCUT2D eigenvalue weighted by atomic mass is 19.4. The van der Waals surface area contributed by atoms with Crippen LogP contribution in [0, 0.1) is 0 Å². The van der Waals surface area contributed by atoms with Gasteiger partial charge in [-0.25, -0.2) is 4.98 Å². The number of benzene rings is 1. The van der Waals surface area contributed by atoms with Crippen molar-refractivity contribution in [1.29, 1.82) is 0 Å². The van der Waals surface area contributed by atoms with Gasteiger partial charge < -0.3 is 14.8 Å². The molecule has 1 amide bonds. The summed E-state index contributed by atoms with van der Waals surface area (Å²) in [6, 6.07) is 7.06. The Morgan fingerprint density at radius 2 is 2.00 bits per heavy atom. The van der Waals surface area contributed by atoms with Gasteiger partial charge in [0.2, 0.25) is 6.79 Å². The Morgan fingerprint density at radius 3 is 2.74 bits per heavy atom. The van der Waals surface area contributed by atoms with Gasteiger partial charge in [-0.1, -0.05) is 6.92 Å². The van der Waals surface area contributed by atoms with Crippen molar-refractivity contribution in [3.8, 4) is 11.5 Å². The molecule has 9 heteroatoms. The van der Waals surface area contributed by atoms with E-state index in [0.717, 1.165) is 12.3 Å². The van der Waals surface area contributed by atoms with Crippen LogP contribution in [0.15, 0.2) is 36.5 Å². The summed E-state index contributed by atoms with van der Waals surface area (Å²) in [5.41, 5.74) is 0.333. The number of aromatic nitrogens is 2. The minimum Gasteiger partial charge on any atom is -0.454 e. The zero-order valence-corrected chi connectivity index (χ0v) is 14.1. The molecule has 1 N–H and O–H groups in total. The summed E-state index contributed by atoms with van der Waals surface area (Å²) in [5, 5.41) is 2.68. The lowest BCUT2D eigenvalue weighted by Gasteiger charge is -2.10. The molecule has 1 aliphatic rings. The Balaban J connectivity index is 1.73. The van der Waals surface area contributed by atoms with Crippen LogP contribution in [0.1, 0.15) is 28.7 Å². The van der Waals surface area contributed by atoms with E-state index < -0.39 is 17.6 Å². The Bertz CT molecular complexity index is 1040. The van der Waals surface area contributed by atoms with E-state index >= 15 is 0 Å². The molecule has 0 fully saturated rings. The average Bonchev–Trinajstić information content (AvgIpc) is 3.23. The number of imidazole rings is 1. The topological polar surface area (TPSA) is 64.9 Å². The molecule has 0 spiro atoms. The number of fused-ring (bicyclic) bond motifs is 2. The number of rotatable bonds is 3. The lowest BCUT2D eigenvalue weighted by molar-refractivity contribution is -0.137. The number of halogens is 3. The second kappa shape index (κ2) is 6.19. The molecule has 1 aromatic carbocycles. The molecule has 6 nitrogen and oxygen atoms in total. The van der Waals surface area contributed by atoms with Gasteiger partial charge in [-0.05, 0) is 30.7 Å². The second-order valence-electron chi connectivity index (χ2n) is 5.93. The first kappa shape index (κ1) is 17.2. The van der Waals surface area contributed by atoms with Gasteiger partial charge in [0.1, 0.15) is 11.3 Å². The number of nitrogens with zero attached hydrogens (tertiary/aromatic N) is 2. The predicted molar refractivity (Wildman–Crippen MR) is 90.1 cm³/mol. The van der Waals surface area contributed by atoms with Crippen molar-refractivity contribution in [2.24, 2.45) is 0 Å². The highest BCUT2D eigenvalue weighted by molar-refractivity contribution is 6.04. The number of anilines is 1. The molecule has 0 aliphatic carbocycles. The first-order chi connectivity index (χ1) is 12.9. The van der Waals surface area contributed by atoms with E-state index in [-0.39, 0.29) is 18.1 Å². The number of carbonyl (C=O) groups excluding carboxylic acids is 1. The van der Waals surface area contributed by atoms with Crippen LogP contribution in [0.5, 0.6) is 11.5 Å². The third kappa shape index (κ3) is 3.05. The number of alkyl halides is 3. The van der Waals surface area contributed by atoms with E-state index in [4.69, 9.17) is 9.47 Å². The summed E-state index contributed by atoms with van der Waals surface area (Å²) >= 11 is 0. The van der Waals surface area contributed by atoms with Crippen molar-refractivity contribution in [1.82, 2.24) is 9.38 Å². The molecule has 0 unspecified atom stereocenters. The molecule has 2 aromatic heterocycles. The Kier molecular flexibility index (Phi) is 3.94. The SMILES string of the molecule is CCc1nc2ccc(C(F)(F)F)cn2c1C(=O)Nc1ccc2c(c1)OCO2. The number of pyridine rings is 1. The molecule has 140 valence electrons. The van der Waals surface area contributed by atoms with Crippen LogP contribution in [0.2, 0.25) is 0 Å². The van der Waals surface area contributed by atoms with Gasteiger partial charge in [0.05, 0.1) is 11.3 Å². The highest BCUT2D eigenvalue weighted by Gasteiger charge is 2.32. The second-order valence-corrected chi connectivity index (χ2v) is 5.93. The molecule has 0 saturated carbocycles. The number of aryl methyl sites for hydroxylation is 1. The molecule has 3 heterocycles. The summed E-state index contributed by atoms with van der Waals surface area (Å²) in [7, 11) is 0. The standard InChI is InChI=1S/C18H14F3N3O3/c1-2-12-16(24-8-10(18(19,20)21)3-6-15(24)23-12)17(25)22-11-4-5-13-14(7-11)27-9-26-13/h3-8H,2,9H2,1H3,(H,22,25). The molecule has 1 aliphatic heterocycles. The number of hydrogen-bond donors (Lipinski definition) is 1. The van der Waals surface area contributed by atoms with Crippen molar-refractivity contribution < 1.29 is 27.4 Å². The molecular weight excluding hydrogens is 363 g/mol. The molecule has 0 radical (unpaired) electrons. The van der Waals surface area contributed by atoms with Crippen LogP contribution in [0.25, 0.3) is 5.65 Å². The third-order valence-electron chi connectivity index (χ3n) is 4.20. The van der Waals surface area contributed by atoms with Gasteiger partial charge in [-0.2, -0.15) is 13.2 Å². The van der Waals surface area contributed by atoms with E-state index in [1.54, 1.807) is 25.1 Å². The number of ether oxygens (including phenoxy) is 2. The minimum absolute atomic E-state index is 0.0660. The molecule has 0 bridgehead atoms. The summed E-state index contributed by atoms with van der Waals surface area (Å²) in [4.78, 5) is 17.1. The van der Waals surface area contributed by atoms with Gasteiger partial charge >= 0.3 is 6.18 Å². The van der Waals surface area contributed by atoms with Gasteiger partial charge in [-0.3, -0.25) is 9.20 Å². The zero-order valence-electron chi connectivity index (χ0n) is 14.1. The highest BCUT2D eigenvalue weighted by Crippen LogP contribution is 2.34. The summed E-state index contributed by atoms with van der Waals surface area (Å²) in [5.74, 6) is 0.491. The number of carbonyl (C=O) groups is 1. The summed E-state index contributed by atoms with van der Waals surface area (Å²) in [6.45, 7) is 1.88. The largest absolute Gasteiger partial charge is 0.454 e. The van der Waals surface area contributed by atoms with Crippen molar-refractivity contribution in [2.45, 2.75) is 19.5 Å². The van der Waals surface area contributed by atoms with Gasteiger partial charge in [-0.15, -0.1) is 0 Å². The van der Waals surface area contributed by atoms with Crippen LogP contribution in [-0.2, 0) is 12.6 Å². The smallest absolute Gasteiger partial charge is 0.417 e. The fraction of sp³-hybridized carbons (Fsp3) is 0.222. The quantitative estimate of drug-likeness (QED) is 0.752. The first-order valence-electron chi connectivity index (χ1n) is 8.16. The molecule has 3 aromatic rings. The lowest BCUT2D eigenvalue weighted by Crippen LogP contribution is -2.17. The molecule has 0 atom stereocenters. The fourth-order valence-corrected chi connectivity index (χ4v) is 2.91.